The third-order valence-corrected chi connectivity index (χ3v) is 5.98. The maximum atomic E-state index is 15.0. The van der Waals surface area contributed by atoms with E-state index in [1.54, 1.807) is 9.80 Å². The molecule has 11 heteroatoms. The Balaban J connectivity index is 1.59. The number of hydrogen-bond acceptors (Lipinski definition) is 4. The van der Waals surface area contributed by atoms with Crippen LogP contribution in [0.4, 0.5) is 32.0 Å². The van der Waals surface area contributed by atoms with Crippen molar-refractivity contribution < 1.29 is 26.3 Å². The molecule has 0 aromatic heterocycles. The van der Waals surface area contributed by atoms with Gasteiger partial charge < -0.3 is 9.80 Å². The molecule has 180 valence electrons. The lowest BCUT2D eigenvalue weighted by molar-refractivity contribution is -0.0596. The summed E-state index contributed by atoms with van der Waals surface area (Å²) in [6.45, 7) is 4.49. The van der Waals surface area contributed by atoms with Gasteiger partial charge in [-0.2, -0.15) is 18.3 Å². The Labute approximate surface area is 196 Å². The van der Waals surface area contributed by atoms with Crippen LogP contribution in [-0.2, 0) is 6.54 Å². The molecule has 2 aromatic rings. The quantitative estimate of drug-likeness (QED) is 0.439. The van der Waals surface area contributed by atoms with Gasteiger partial charge in [0.1, 0.15) is 29.3 Å². The smallest absolute Gasteiger partial charge is 0.355 e. The first-order valence-corrected chi connectivity index (χ1v) is 10.7. The molecule has 1 unspecified atom stereocenters. The molecule has 0 spiro atoms. The van der Waals surface area contributed by atoms with Crippen LogP contribution in [0, 0.1) is 11.6 Å². The van der Waals surface area contributed by atoms with E-state index in [0.29, 0.717) is 24.5 Å². The zero-order valence-corrected chi connectivity index (χ0v) is 18.5. The second-order valence-electron chi connectivity index (χ2n) is 8.01. The molecule has 4 nitrogen and oxygen atoms in total. The molecule has 0 bridgehead atoms. The molecule has 2 aliphatic rings. The van der Waals surface area contributed by atoms with Crippen molar-refractivity contribution in [3.05, 3.63) is 76.6 Å². The Kier molecular flexibility index (Phi) is 6.62. The number of rotatable bonds is 6. The van der Waals surface area contributed by atoms with Gasteiger partial charge in [0.05, 0.1) is 23.8 Å². The Morgan fingerprint density at radius 2 is 1.88 bits per heavy atom. The van der Waals surface area contributed by atoms with Crippen LogP contribution >= 0.6 is 11.6 Å². The number of halogens is 7. The molecule has 34 heavy (non-hydrogen) atoms. The van der Waals surface area contributed by atoms with E-state index in [4.69, 9.17) is 11.6 Å². The number of benzene rings is 2. The Morgan fingerprint density at radius 1 is 1.12 bits per heavy atom. The molecule has 2 heterocycles. The van der Waals surface area contributed by atoms with Gasteiger partial charge in [-0.1, -0.05) is 30.3 Å². The molecule has 1 atom stereocenters. The summed E-state index contributed by atoms with van der Waals surface area (Å²) < 4.78 is 81.0. The lowest BCUT2D eigenvalue weighted by Crippen LogP contribution is -2.34. The summed E-state index contributed by atoms with van der Waals surface area (Å²) in [7, 11) is 0. The number of anilines is 1. The molecular weight excluding hydrogens is 482 g/mol. The Morgan fingerprint density at radius 3 is 2.47 bits per heavy atom. The van der Waals surface area contributed by atoms with Crippen molar-refractivity contribution in [2.45, 2.75) is 31.7 Å². The minimum absolute atomic E-state index is 0.00964. The second-order valence-corrected chi connectivity index (χ2v) is 8.41. The third kappa shape index (κ3) is 5.06. The first kappa shape index (κ1) is 24.1. The number of nitrogens with zero attached hydrogens (tertiary/aromatic N) is 4. The first-order valence-electron chi connectivity index (χ1n) is 10.3. The first-order chi connectivity index (χ1) is 16.0. The van der Waals surface area contributed by atoms with Crippen LogP contribution in [0.3, 0.4) is 0 Å². The lowest BCUT2D eigenvalue weighted by Gasteiger charge is -2.33. The van der Waals surface area contributed by atoms with Crippen LogP contribution in [0.1, 0.15) is 24.0 Å². The van der Waals surface area contributed by atoms with Gasteiger partial charge in [0.15, 0.2) is 0 Å². The Bertz CT molecular complexity index is 1180. The molecule has 0 amide bonds. The fourth-order valence-electron chi connectivity index (χ4n) is 3.80. The van der Waals surface area contributed by atoms with Crippen molar-refractivity contribution in [1.82, 2.24) is 4.90 Å². The average molecular weight is 501 g/mol. The highest BCUT2D eigenvalue weighted by molar-refractivity contribution is 6.31. The average Bonchev–Trinajstić information content (AvgIpc) is 3.44. The van der Waals surface area contributed by atoms with E-state index in [1.807, 2.05) is 0 Å². The van der Waals surface area contributed by atoms with Gasteiger partial charge in [-0.05, 0) is 30.7 Å². The van der Waals surface area contributed by atoms with Gasteiger partial charge in [-0.25, -0.2) is 13.2 Å². The monoisotopic (exact) mass is 500 g/mol. The molecule has 0 N–H and O–H groups in total. The molecule has 0 aliphatic carbocycles. The van der Waals surface area contributed by atoms with E-state index < -0.39 is 36.1 Å². The van der Waals surface area contributed by atoms with Crippen LogP contribution < -0.4 is 4.90 Å². The summed E-state index contributed by atoms with van der Waals surface area (Å²) in [5, 5.41) is 6.55. The van der Waals surface area contributed by atoms with Crippen LogP contribution in [0.25, 0.3) is 0 Å². The molecule has 2 aliphatic heterocycles. The van der Waals surface area contributed by atoms with Crippen LogP contribution in [0.5, 0.6) is 0 Å². The zero-order valence-electron chi connectivity index (χ0n) is 17.7. The highest BCUT2D eigenvalue weighted by Crippen LogP contribution is 2.31. The van der Waals surface area contributed by atoms with E-state index in [-0.39, 0.29) is 35.0 Å². The number of hydrogen-bond donors (Lipinski definition) is 0. The zero-order chi connectivity index (χ0) is 24.6. The Hall–Kier alpha value is -3.01. The van der Waals surface area contributed by atoms with E-state index >= 15 is 4.39 Å². The van der Waals surface area contributed by atoms with E-state index in [0.717, 1.165) is 12.1 Å². The topological polar surface area (TPSA) is 31.2 Å². The molecule has 2 aromatic carbocycles. The summed E-state index contributed by atoms with van der Waals surface area (Å²) in [6, 6.07) is 7.95. The second kappa shape index (κ2) is 9.32. The van der Waals surface area contributed by atoms with Gasteiger partial charge in [-0.15, -0.1) is 5.10 Å². The van der Waals surface area contributed by atoms with Gasteiger partial charge in [0, 0.05) is 29.8 Å². The largest absolute Gasteiger partial charge is 0.431 e. The van der Waals surface area contributed by atoms with E-state index in [1.165, 1.54) is 24.3 Å². The van der Waals surface area contributed by atoms with E-state index in [9.17, 15) is 22.0 Å². The van der Waals surface area contributed by atoms with Gasteiger partial charge in [0.2, 0.25) is 0 Å². The van der Waals surface area contributed by atoms with Crippen LogP contribution in [-0.4, -0.2) is 41.8 Å². The van der Waals surface area contributed by atoms with Crippen molar-refractivity contribution in [2.75, 3.05) is 18.0 Å². The van der Waals surface area contributed by atoms with Gasteiger partial charge in [0.25, 0.3) is 0 Å². The molecule has 1 saturated heterocycles. The SMILES string of the molecule is C=C(N1CCC(F)C1)N(Cc1ccc(C2=NN=C(C(F)(F)F)C2)cc1F)c1ccc(F)c(Cl)c1. The molecule has 4 rings (SSSR count). The lowest BCUT2D eigenvalue weighted by atomic mass is 10.0. The van der Waals surface area contributed by atoms with Crippen LogP contribution in [0.2, 0.25) is 5.02 Å². The minimum Gasteiger partial charge on any atom is -0.355 e. The molecule has 0 saturated carbocycles. The van der Waals surface area contributed by atoms with E-state index in [2.05, 4.69) is 16.8 Å². The maximum Gasteiger partial charge on any atom is 0.431 e. The summed E-state index contributed by atoms with van der Waals surface area (Å²) in [5.41, 5.74) is -0.239. The summed E-state index contributed by atoms with van der Waals surface area (Å²) >= 11 is 5.93. The van der Waals surface area contributed by atoms with Crippen LogP contribution in [0.15, 0.2) is 59.0 Å². The van der Waals surface area contributed by atoms with Gasteiger partial charge >= 0.3 is 6.18 Å². The fourth-order valence-corrected chi connectivity index (χ4v) is 3.97. The highest BCUT2D eigenvalue weighted by Gasteiger charge is 2.39. The molecular formula is C23H19ClF6N4. The fraction of sp³-hybridized carbons (Fsp3) is 0.304. The summed E-state index contributed by atoms with van der Waals surface area (Å²) in [6.07, 6.45) is -5.85. The standard InChI is InChI=1S/C23H19ClF6N4/c1-13(33-7-6-16(25)12-33)34(17-4-5-19(26)18(24)9-17)11-15-3-2-14(8-20(15)27)21-10-22(32-31-21)23(28,29)30/h2-5,8-9,16H,1,6-7,10-12H2. The third-order valence-electron chi connectivity index (χ3n) is 5.69. The minimum atomic E-state index is -4.60. The molecule has 0 radical (unpaired) electrons. The van der Waals surface area contributed by atoms with Crippen molar-refractivity contribution in [2.24, 2.45) is 10.2 Å². The highest BCUT2D eigenvalue weighted by atomic mass is 35.5. The van der Waals surface area contributed by atoms with Gasteiger partial charge in [-0.3, -0.25) is 0 Å². The predicted octanol–water partition coefficient (Wildman–Crippen LogP) is 6.25. The maximum absolute atomic E-state index is 15.0. The normalized spacial score (nSPS) is 18.2. The van der Waals surface area contributed by atoms with Crippen molar-refractivity contribution >= 4 is 28.7 Å². The number of likely N-dealkylation sites (tertiary alicyclic amines) is 1. The summed E-state index contributed by atoms with van der Waals surface area (Å²) in [4.78, 5) is 3.29. The van der Waals surface area contributed by atoms with Crippen molar-refractivity contribution in [3.8, 4) is 0 Å². The molecule has 1 fully saturated rings. The van der Waals surface area contributed by atoms with Crippen molar-refractivity contribution in [3.63, 3.8) is 0 Å². The predicted molar refractivity (Wildman–Crippen MR) is 119 cm³/mol. The number of alkyl halides is 4. The van der Waals surface area contributed by atoms with Crippen molar-refractivity contribution in [1.29, 1.82) is 0 Å². The summed E-state index contributed by atoms with van der Waals surface area (Å²) in [5.74, 6) is -0.930.